The Hall–Kier alpha value is -2.26. The van der Waals surface area contributed by atoms with Crippen molar-refractivity contribution in [3.05, 3.63) is 29.3 Å². The number of carbonyl (C=O) groups is 1. The van der Waals surface area contributed by atoms with Gasteiger partial charge in [-0.15, -0.1) is 0 Å². The highest BCUT2D eigenvalue weighted by Gasteiger charge is 2.46. The second-order valence-corrected chi connectivity index (χ2v) is 7.42. The van der Waals surface area contributed by atoms with Gasteiger partial charge in [-0.2, -0.15) is 9.49 Å². The molecule has 0 spiro atoms. The van der Waals surface area contributed by atoms with Gasteiger partial charge in [-0.3, -0.25) is 5.01 Å². The van der Waals surface area contributed by atoms with Crippen LogP contribution >= 0.6 is 0 Å². The molecule has 1 aliphatic rings. The summed E-state index contributed by atoms with van der Waals surface area (Å²) in [5.41, 5.74) is -0.889. The maximum Gasteiger partial charge on any atom is 0.333 e. The van der Waals surface area contributed by atoms with E-state index in [0.29, 0.717) is 32.5 Å². The summed E-state index contributed by atoms with van der Waals surface area (Å²) in [7, 11) is 6.49. The molecular weight excluding hydrogens is 396 g/mol. The van der Waals surface area contributed by atoms with E-state index in [1.165, 1.54) is 30.5 Å². The summed E-state index contributed by atoms with van der Waals surface area (Å²) in [5.74, 6) is -2.63. The predicted molar refractivity (Wildman–Crippen MR) is 110 cm³/mol. The van der Waals surface area contributed by atoms with Gasteiger partial charge in [0.1, 0.15) is 6.61 Å². The summed E-state index contributed by atoms with van der Waals surface area (Å²) in [6.45, 7) is 2.06. The van der Waals surface area contributed by atoms with Gasteiger partial charge in [0, 0.05) is 32.8 Å². The SMILES string of the molecule is COCCN(C)CCOc1ccc(/C=N\N(C)C2(C(=O)OC)CCCC2)c(F)c1F. The smallest absolute Gasteiger partial charge is 0.333 e. The van der Waals surface area contributed by atoms with Gasteiger partial charge in [0.15, 0.2) is 17.1 Å². The van der Waals surface area contributed by atoms with E-state index in [4.69, 9.17) is 14.2 Å². The summed E-state index contributed by atoms with van der Waals surface area (Å²) >= 11 is 0. The average Bonchev–Trinajstić information content (AvgIpc) is 3.25. The van der Waals surface area contributed by atoms with Crippen molar-refractivity contribution in [2.45, 2.75) is 31.2 Å². The van der Waals surface area contributed by atoms with Crippen LogP contribution in [0.3, 0.4) is 0 Å². The van der Waals surface area contributed by atoms with E-state index in [1.54, 1.807) is 14.2 Å². The zero-order chi connectivity index (χ0) is 22.1. The van der Waals surface area contributed by atoms with E-state index >= 15 is 0 Å². The first kappa shape index (κ1) is 24.0. The second kappa shape index (κ2) is 11.2. The second-order valence-electron chi connectivity index (χ2n) is 7.42. The maximum absolute atomic E-state index is 14.5. The molecule has 0 bridgehead atoms. The molecular formula is C21H31F2N3O4. The minimum absolute atomic E-state index is 0.0260. The number of benzene rings is 1. The highest BCUT2D eigenvalue weighted by atomic mass is 19.2. The molecule has 0 saturated heterocycles. The summed E-state index contributed by atoms with van der Waals surface area (Å²) in [5, 5.41) is 5.69. The molecule has 0 aromatic heterocycles. The summed E-state index contributed by atoms with van der Waals surface area (Å²) < 4.78 is 44.2. The fourth-order valence-corrected chi connectivity index (χ4v) is 3.50. The van der Waals surface area contributed by atoms with E-state index in [0.717, 1.165) is 12.8 Å². The van der Waals surface area contributed by atoms with Crippen molar-refractivity contribution in [1.29, 1.82) is 0 Å². The number of esters is 1. The van der Waals surface area contributed by atoms with Crippen LogP contribution in [0.15, 0.2) is 17.2 Å². The number of nitrogens with zero attached hydrogens (tertiary/aromatic N) is 3. The van der Waals surface area contributed by atoms with Gasteiger partial charge in [0.05, 0.1) is 19.9 Å². The molecule has 0 radical (unpaired) electrons. The van der Waals surface area contributed by atoms with E-state index in [-0.39, 0.29) is 23.9 Å². The minimum Gasteiger partial charge on any atom is -0.489 e. The van der Waals surface area contributed by atoms with Crippen LogP contribution in [-0.4, -0.2) is 82.2 Å². The molecule has 168 valence electrons. The number of hydrogen-bond acceptors (Lipinski definition) is 7. The van der Waals surface area contributed by atoms with Crippen molar-refractivity contribution in [3.8, 4) is 5.75 Å². The topological polar surface area (TPSA) is 63.6 Å². The first-order valence-electron chi connectivity index (χ1n) is 10.00. The van der Waals surface area contributed by atoms with Gasteiger partial charge in [-0.25, -0.2) is 9.18 Å². The van der Waals surface area contributed by atoms with Crippen LogP contribution < -0.4 is 4.74 Å². The maximum atomic E-state index is 14.5. The number of carbonyl (C=O) groups excluding carboxylic acids is 1. The molecule has 1 aromatic rings. The Labute approximate surface area is 176 Å². The molecule has 9 heteroatoms. The zero-order valence-electron chi connectivity index (χ0n) is 18.1. The van der Waals surface area contributed by atoms with Crippen LogP contribution in [0.25, 0.3) is 0 Å². The third kappa shape index (κ3) is 5.66. The van der Waals surface area contributed by atoms with Crippen molar-refractivity contribution < 1.29 is 27.8 Å². The van der Waals surface area contributed by atoms with Crippen LogP contribution in [0.1, 0.15) is 31.2 Å². The summed E-state index contributed by atoms with van der Waals surface area (Å²) in [6.07, 6.45) is 4.19. The van der Waals surface area contributed by atoms with E-state index < -0.39 is 17.2 Å². The Bertz CT molecular complexity index is 739. The lowest BCUT2D eigenvalue weighted by molar-refractivity contribution is -0.154. The van der Waals surface area contributed by atoms with Crippen molar-refractivity contribution >= 4 is 12.2 Å². The highest BCUT2D eigenvalue weighted by molar-refractivity contribution is 5.83. The van der Waals surface area contributed by atoms with Gasteiger partial charge in [0.25, 0.3) is 0 Å². The Balaban J connectivity index is 2.03. The molecule has 1 fully saturated rings. The molecule has 0 unspecified atom stereocenters. The molecule has 1 aliphatic carbocycles. The fourth-order valence-electron chi connectivity index (χ4n) is 3.50. The molecule has 0 atom stereocenters. The Morgan fingerprint density at radius 3 is 2.43 bits per heavy atom. The average molecular weight is 427 g/mol. The molecule has 1 saturated carbocycles. The summed E-state index contributed by atoms with van der Waals surface area (Å²) in [4.78, 5) is 14.2. The van der Waals surface area contributed by atoms with E-state index in [9.17, 15) is 13.6 Å². The van der Waals surface area contributed by atoms with E-state index in [2.05, 4.69) is 5.10 Å². The molecule has 1 aromatic carbocycles. The third-order valence-corrected chi connectivity index (χ3v) is 5.47. The van der Waals surface area contributed by atoms with E-state index in [1.807, 2.05) is 11.9 Å². The Morgan fingerprint density at radius 2 is 1.80 bits per heavy atom. The number of hydrogen-bond donors (Lipinski definition) is 0. The predicted octanol–water partition coefficient (Wildman–Crippen LogP) is 2.67. The lowest BCUT2D eigenvalue weighted by Crippen LogP contribution is -2.49. The molecule has 0 amide bonds. The first-order valence-corrected chi connectivity index (χ1v) is 10.00. The van der Waals surface area contributed by atoms with Gasteiger partial charge in [-0.05, 0) is 32.0 Å². The van der Waals surface area contributed by atoms with Gasteiger partial charge in [-0.1, -0.05) is 12.8 Å². The van der Waals surface area contributed by atoms with Crippen LogP contribution in [0.2, 0.25) is 0 Å². The number of rotatable bonds is 11. The van der Waals surface area contributed by atoms with Gasteiger partial charge in [0.2, 0.25) is 5.82 Å². The van der Waals surface area contributed by atoms with Crippen LogP contribution in [0.5, 0.6) is 5.75 Å². The number of hydrazone groups is 1. The van der Waals surface area contributed by atoms with Crippen molar-refractivity contribution in [3.63, 3.8) is 0 Å². The normalized spacial score (nSPS) is 15.7. The van der Waals surface area contributed by atoms with Gasteiger partial charge < -0.3 is 19.1 Å². The number of halogens is 2. The minimum atomic E-state index is -1.07. The molecule has 30 heavy (non-hydrogen) atoms. The quantitative estimate of drug-likeness (QED) is 0.307. The standard InChI is InChI=1S/C21H31F2N3O4/c1-25(11-13-28-3)12-14-30-17-8-7-16(18(22)19(17)23)15-24-26(2)21(20(27)29-4)9-5-6-10-21/h7-8,15H,5-6,9-14H2,1-4H3/b24-15-. The molecule has 0 N–H and O–H groups in total. The van der Waals surface area contributed by atoms with Gasteiger partial charge >= 0.3 is 5.97 Å². The number of methoxy groups -OCH3 is 2. The number of likely N-dealkylation sites (N-methyl/N-ethyl adjacent to an activating group) is 2. The Kier molecular flexibility index (Phi) is 8.98. The van der Waals surface area contributed by atoms with Crippen LogP contribution in [0, 0.1) is 11.6 Å². The number of ether oxygens (including phenoxy) is 3. The van der Waals surface area contributed by atoms with Crippen LogP contribution in [-0.2, 0) is 14.3 Å². The fraction of sp³-hybridized carbons (Fsp3) is 0.619. The van der Waals surface area contributed by atoms with Crippen molar-refractivity contribution in [2.24, 2.45) is 5.10 Å². The first-order chi connectivity index (χ1) is 14.4. The molecule has 0 heterocycles. The van der Waals surface area contributed by atoms with Crippen molar-refractivity contribution in [1.82, 2.24) is 9.91 Å². The summed E-state index contributed by atoms with van der Waals surface area (Å²) in [6, 6.07) is 2.78. The van der Waals surface area contributed by atoms with Crippen LogP contribution in [0.4, 0.5) is 8.78 Å². The zero-order valence-corrected chi connectivity index (χ0v) is 18.1. The Morgan fingerprint density at radius 1 is 1.13 bits per heavy atom. The molecule has 7 nitrogen and oxygen atoms in total. The highest BCUT2D eigenvalue weighted by Crippen LogP contribution is 2.36. The molecule has 0 aliphatic heterocycles. The lowest BCUT2D eigenvalue weighted by atomic mass is 9.97. The molecule has 2 rings (SSSR count). The lowest BCUT2D eigenvalue weighted by Gasteiger charge is -2.33. The van der Waals surface area contributed by atoms with Crippen molar-refractivity contribution in [2.75, 3.05) is 54.6 Å². The third-order valence-electron chi connectivity index (χ3n) is 5.47. The monoisotopic (exact) mass is 427 g/mol. The largest absolute Gasteiger partial charge is 0.489 e.